The van der Waals surface area contributed by atoms with Crippen molar-refractivity contribution in [2.75, 3.05) is 11.1 Å². The summed E-state index contributed by atoms with van der Waals surface area (Å²) in [4.78, 5) is 11.7. The fourth-order valence-corrected chi connectivity index (χ4v) is 1.73. The van der Waals surface area contributed by atoms with Gasteiger partial charge in [-0.25, -0.2) is 9.18 Å². The van der Waals surface area contributed by atoms with E-state index in [0.717, 1.165) is 12.0 Å². The predicted octanol–water partition coefficient (Wildman–Crippen LogP) is 4.04. The molecule has 0 spiro atoms. The number of aryl methyl sites for hydroxylation is 1. The molecule has 0 fully saturated rings. The summed E-state index contributed by atoms with van der Waals surface area (Å²) in [5, 5.41) is 2.65. The summed E-state index contributed by atoms with van der Waals surface area (Å²) in [6, 6.07) is 4.29. The zero-order chi connectivity index (χ0) is 14.5. The van der Waals surface area contributed by atoms with E-state index in [1.165, 1.54) is 12.1 Å². The van der Waals surface area contributed by atoms with Crippen LogP contribution < -0.4 is 5.32 Å². The van der Waals surface area contributed by atoms with E-state index < -0.39 is 11.7 Å². The average molecular weight is 285 g/mol. The Bertz CT molecular complexity index is 444. The van der Waals surface area contributed by atoms with E-state index in [9.17, 15) is 9.18 Å². The lowest BCUT2D eigenvalue weighted by atomic mass is 10.1. The van der Waals surface area contributed by atoms with Gasteiger partial charge in [-0.05, 0) is 63.1 Å². The van der Waals surface area contributed by atoms with Crippen molar-refractivity contribution in [3.05, 3.63) is 29.6 Å². The fraction of sp³-hybridized carbons (Fsp3) is 0.500. The van der Waals surface area contributed by atoms with E-state index in [-0.39, 0.29) is 5.82 Å². The molecule has 3 nitrogen and oxygen atoms in total. The Kier molecular flexibility index (Phi) is 5.66. The van der Waals surface area contributed by atoms with Gasteiger partial charge in [0.25, 0.3) is 0 Å². The van der Waals surface area contributed by atoms with Gasteiger partial charge in [-0.1, -0.05) is 0 Å². The normalized spacial score (nSPS) is 11.2. The molecule has 1 aromatic rings. The summed E-state index contributed by atoms with van der Waals surface area (Å²) >= 11 is 4.13. The Morgan fingerprint density at radius 1 is 1.42 bits per heavy atom. The fourth-order valence-electron chi connectivity index (χ4n) is 1.57. The number of halogens is 1. The maximum Gasteiger partial charge on any atom is 0.412 e. The van der Waals surface area contributed by atoms with Crippen molar-refractivity contribution in [1.82, 2.24) is 0 Å². The highest BCUT2D eigenvalue weighted by atomic mass is 32.1. The Morgan fingerprint density at radius 2 is 2.11 bits per heavy atom. The molecule has 106 valence electrons. The lowest BCUT2D eigenvalue weighted by molar-refractivity contribution is 0.0635. The van der Waals surface area contributed by atoms with Gasteiger partial charge < -0.3 is 4.74 Å². The third-order valence-electron chi connectivity index (χ3n) is 2.31. The van der Waals surface area contributed by atoms with Gasteiger partial charge in [0.2, 0.25) is 0 Å². The molecule has 0 unspecified atom stereocenters. The van der Waals surface area contributed by atoms with Crippen molar-refractivity contribution in [3.8, 4) is 0 Å². The number of hydrogen-bond donors (Lipinski definition) is 2. The molecule has 1 aromatic carbocycles. The number of carbonyl (C=O) groups is 1. The smallest absolute Gasteiger partial charge is 0.412 e. The van der Waals surface area contributed by atoms with Gasteiger partial charge in [0.1, 0.15) is 11.4 Å². The van der Waals surface area contributed by atoms with Crippen LogP contribution in [0.3, 0.4) is 0 Å². The molecular formula is C14H20FNO2S. The van der Waals surface area contributed by atoms with E-state index in [0.29, 0.717) is 17.9 Å². The zero-order valence-corrected chi connectivity index (χ0v) is 12.4. The van der Waals surface area contributed by atoms with E-state index >= 15 is 0 Å². The van der Waals surface area contributed by atoms with Crippen molar-refractivity contribution in [1.29, 1.82) is 0 Å². The monoisotopic (exact) mass is 285 g/mol. The highest BCUT2D eigenvalue weighted by Gasteiger charge is 2.17. The quantitative estimate of drug-likeness (QED) is 0.820. The molecule has 0 heterocycles. The SMILES string of the molecule is CC(C)(C)OC(=O)Nc1ccc(F)cc1CCCS. The van der Waals surface area contributed by atoms with E-state index in [4.69, 9.17) is 4.74 Å². The summed E-state index contributed by atoms with van der Waals surface area (Å²) in [6.07, 6.45) is 0.938. The highest BCUT2D eigenvalue weighted by Crippen LogP contribution is 2.20. The minimum Gasteiger partial charge on any atom is -0.444 e. The van der Waals surface area contributed by atoms with Crippen molar-refractivity contribution in [2.24, 2.45) is 0 Å². The number of anilines is 1. The zero-order valence-electron chi connectivity index (χ0n) is 11.5. The molecule has 19 heavy (non-hydrogen) atoms. The summed E-state index contributed by atoms with van der Waals surface area (Å²) in [7, 11) is 0. The molecule has 0 saturated carbocycles. The third-order valence-corrected chi connectivity index (χ3v) is 2.62. The highest BCUT2D eigenvalue weighted by molar-refractivity contribution is 7.80. The number of thiol groups is 1. The average Bonchev–Trinajstić information content (AvgIpc) is 2.27. The molecule has 0 aromatic heterocycles. The standard InChI is InChI=1S/C14H20FNO2S/c1-14(2,3)18-13(17)16-12-7-6-11(15)9-10(12)5-4-8-19/h6-7,9,19H,4-5,8H2,1-3H3,(H,16,17). The van der Waals surface area contributed by atoms with Crippen molar-refractivity contribution >= 4 is 24.4 Å². The number of nitrogens with one attached hydrogen (secondary N) is 1. The molecule has 0 atom stereocenters. The number of ether oxygens (including phenoxy) is 1. The maximum atomic E-state index is 13.2. The van der Waals surface area contributed by atoms with Gasteiger partial charge in [0, 0.05) is 5.69 Å². The van der Waals surface area contributed by atoms with Crippen LogP contribution in [0.4, 0.5) is 14.9 Å². The summed E-state index contributed by atoms with van der Waals surface area (Å²) in [5.41, 5.74) is 0.771. The number of amides is 1. The van der Waals surface area contributed by atoms with Crippen molar-refractivity contribution in [2.45, 2.75) is 39.2 Å². The van der Waals surface area contributed by atoms with Crippen LogP contribution in [0.5, 0.6) is 0 Å². The van der Waals surface area contributed by atoms with Gasteiger partial charge in [-0.15, -0.1) is 0 Å². The molecular weight excluding hydrogens is 265 g/mol. The predicted molar refractivity (Wildman–Crippen MR) is 78.4 cm³/mol. The lowest BCUT2D eigenvalue weighted by Gasteiger charge is -2.20. The van der Waals surface area contributed by atoms with Crippen LogP contribution in [-0.2, 0) is 11.2 Å². The minimum atomic E-state index is -0.560. The third kappa shape index (κ3) is 5.96. The molecule has 0 bridgehead atoms. The Hall–Kier alpha value is -1.23. The van der Waals surface area contributed by atoms with E-state index in [2.05, 4.69) is 17.9 Å². The largest absolute Gasteiger partial charge is 0.444 e. The molecule has 1 amide bonds. The molecule has 1 rings (SSSR count). The topological polar surface area (TPSA) is 38.3 Å². The number of hydrogen-bond acceptors (Lipinski definition) is 3. The van der Waals surface area contributed by atoms with Crippen LogP contribution in [0.25, 0.3) is 0 Å². The second-order valence-electron chi connectivity index (χ2n) is 5.26. The summed E-state index contributed by atoms with van der Waals surface area (Å²) < 4.78 is 18.4. The lowest BCUT2D eigenvalue weighted by Crippen LogP contribution is -2.27. The van der Waals surface area contributed by atoms with Gasteiger partial charge >= 0.3 is 6.09 Å². The summed E-state index contributed by atoms with van der Waals surface area (Å²) in [6.45, 7) is 5.37. The molecule has 0 aliphatic heterocycles. The molecule has 5 heteroatoms. The van der Waals surface area contributed by atoms with Crippen molar-refractivity contribution in [3.63, 3.8) is 0 Å². The van der Waals surface area contributed by atoms with Crippen LogP contribution in [0.15, 0.2) is 18.2 Å². The van der Waals surface area contributed by atoms with E-state index in [1.54, 1.807) is 26.8 Å². The second kappa shape index (κ2) is 6.80. The van der Waals surface area contributed by atoms with Gasteiger partial charge in [0.15, 0.2) is 0 Å². The first-order valence-corrected chi connectivity index (χ1v) is 6.84. The number of rotatable bonds is 4. The first-order valence-electron chi connectivity index (χ1n) is 6.21. The minimum absolute atomic E-state index is 0.316. The molecule has 1 N–H and O–H groups in total. The van der Waals surface area contributed by atoms with Gasteiger partial charge in [0.05, 0.1) is 0 Å². The van der Waals surface area contributed by atoms with Crippen molar-refractivity contribution < 1.29 is 13.9 Å². The Labute approximate surface area is 118 Å². The molecule has 0 radical (unpaired) electrons. The summed E-state index contributed by atoms with van der Waals surface area (Å²) in [5.74, 6) is 0.395. The van der Waals surface area contributed by atoms with Crippen LogP contribution in [0.2, 0.25) is 0 Å². The number of carbonyl (C=O) groups excluding carboxylic acids is 1. The first-order chi connectivity index (χ1) is 8.81. The van der Waals surface area contributed by atoms with Crippen LogP contribution in [0, 0.1) is 5.82 Å². The van der Waals surface area contributed by atoms with Crippen LogP contribution in [0.1, 0.15) is 32.8 Å². The van der Waals surface area contributed by atoms with Crippen LogP contribution in [-0.4, -0.2) is 17.4 Å². The maximum absolute atomic E-state index is 13.2. The van der Waals surface area contributed by atoms with Gasteiger partial charge in [-0.2, -0.15) is 12.6 Å². The first kappa shape index (κ1) is 15.8. The molecule has 0 aliphatic rings. The van der Waals surface area contributed by atoms with Gasteiger partial charge in [-0.3, -0.25) is 5.32 Å². The Balaban J connectivity index is 2.79. The van der Waals surface area contributed by atoms with Crippen LogP contribution >= 0.6 is 12.6 Å². The second-order valence-corrected chi connectivity index (χ2v) is 5.70. The molecule has 0 saturated heterocycles. The molecule has 0 aliphatic carbocycles. The number of benzene rings is 1. The van der Waals surface area contributed by atoms with E-state index in [1.807, 2.05) is 0 Å². The Morgan fingerprint density at radius 3 is 2.68 bits per heavy atom.